The molecule has 3 fully saturated rings. The van der Waals surface area contributed by atoms with Gasteiger partial charge in [0.2, 0.25) is 15.7 Å². The summed E-state index contributed by atoms with van der Waals surface area (Å²) in [7, 11) is -3.55. The van der Waals surface area contributed by atoms with Crippen LogP contribution in [0.15, 0.2) is 15.8 Å². The number of hydrogen-bond acceptors (Lipinski definition) is 7. The molecule has 0 unspecified atom stereocenters. The number of esters is 1. The van der Waals surface area contributed by atoms with E-state index in [1.807, 2.05) is 13.8 Å². The van der Waals surface area contributed by atoms with Crippen LogP contribution >= 0.6 is 0 Å². The molecule has 2 heterocycles. The highest BCUT2D eigenvalue weighted by Crippen LogP contribution is 2.67. The van der Waals surface area contributed by atoms with E-state index in [1.165, 1.54) is 15.1 Å². The molecule has 2 N–H and O–H groups in total. The van der Waals surface area contributed by atoms with Gasteiger partial charge in [-0.05, 0) is 37.5 Å². The molecule has 1 saturated heterocycles. The third kappa shape index (κ3) is 3.50. The van der Waals surface area contributed by atoms with E-state index in [0.29, 0.717) is 31.5 Å². The first-order valence-corrected chi connectivity index (χ1v) is 13.2. The summed E-state index contributed by atoms with van der Waals surface area (Å²) in [6.07, 6.45) is 2.96. The van der Waals surface area contributed by atoms with Crippen LogP contribution in [0.25, 0.3) is 0 Å². The number of H-pyrrole nitrogens is 1. The fraction of sp³-hybridized carbons (Fsp3) is 0.773. The second-order valence-electron chi connectivity index (χ2n) is 10.2. The van der Waals surface area contributed by atoms with Crippen molar-refractivity contribution in [3.05, 3.63) is 32.6 Å². The summed E-state index contributed by atoms with van der Waals surface area (Å²) in [4.78, 5) is 39.8. The van der Waals surface area contributed by atoms with Gasteiger partial charge in [0.25, 0.3) is 5.56 Å². The summed E-state index contributed by atoms with van der Waals surface area (Å²) in [6, 6.07) is 0. The third-order valence-corrected chi connectivity index (χ3v) is 10.7. The van der Waals surface area contributed by atoms with Gasteiger partial charge in [0.15, 0.2) is 0 Å². The largest absolute Gasteiger partial charge is 0.459 e. The molecule has 2 bridgehead atoms. The normalized spacial score (nSPS) is 32.3. The highest BCUT2D eigenvalue weighted by atomic mass is 32.2. The monoisotopic (exact) mass is 482 g/mol. The Morgan fingerprint density at radius 1 is 1.27 bits per heavy atom. The van der Waals surface area contributed by atoms with Crippen LogP contribution in [-0.2, 0) is 25.2 Å². The maximum absolute atomic E-state index is 13.4. The van der Waals surface area contributed by atoms with E-state index in [-0.39, 0.29) is 23.6 Å². The minimum absolute atomic E-state index is 0.0682. The zero-order valence-electron chi connectivity index (χ0n) is 19.9. The molecule has 2 saturated carbocycles. The lowest BCUT2D eigenvalue weighted by Crippen LogP contribution is -2.51. The molecule has 1 aliphatic heterocycles. The van der Waals surface area contributed by atoms with Crippen molar-refractivity contribution in [1.82, 2.24) is 19.2 Å². The van der Waals surface area contributed by atoms with Crippen molar-refractivity contribution in [2.75, 3.05) is 25.4 Å². The number of nitrogens with one attached hydrogen (secondary N) is 2. The van der Waals surface area contributed by atoms with Crippen LogP contribution in [0.2, 0.25) is 0 Å². The first-order chi connectivity index (χ1) is 15.3. The van der Waals surface area contributed by atoms with Gasteiger partial charge in [0.05, 0.1) is 5.75 Å². The van der Waals surface area contributed by atoms with E-state index in [4.69, 9.17) is 4.74 Å². The van der Waals surface area contributed by atoms with Crippen LogP contribution in [0.3, 0.4) is 0 Å². The molecule has 4 rings (SSSR count). The van der Waals surface area contributed by atoms with Crippen LogP contribution in [0.1, 0.15) is 52.5 Å². The Labute approximate surface area is 193 Å². The van der Waals surface area contributed by atoms with Gasteiger partial charge < -0.3 is 4.74 Å². The van der Waals surface area contributed by atoms with Crippen molar-refractivity contribution < 1.29 is 17.9 Å². The van der Waals surface area contributed by atoms with Gasteiger partial charge in [0, 0.05) is 36.8 Å². The van der Waals surface area contributed by atoms with Gasteiger partial charge in [-0.25, -0.2) is 22.3 Å². The van der Waals surface area contributed by atoms with Crippen molar-refractivity contribution >= 4 is 16.0 Å². The Hall–Kier alpha value is -1.98. The highest BCUT2D eigenvalue weighted by Gasteiger charge is 2.68. The van der Waals surface area contributed by atoms with Gasteiger partial charge >= 0.3 is 11.7 Å². The average molecular weight is 483 g/mol. The van der Waals surface area contributed by atoms with E-state index in [0.717, 1.165) is 6.42 Å². The zero-order valence-corrected chi connectivity index (χ0v) is 20.8. The van der Waals surface area contributed by atoms with Crippen LogP contribution in [0.4, 0.5) is 0 Å². The molecular formula is C22H34N4O6S. The molecule has 3 aliphatic rings. The Balaban J connectivity index is 1.65. The molecule has 33 heavy (non-hydrogen) atoms. The Bertz CT molecular complexity index is 1180. The summed E-state index contributed by atoms with van der Waals surface area (Å²) in [5.41, 5.74) is -3.28. The van der Waals surface area contributed by atoms with E-state index >= 15 is 0 Å². The Kier molecular flexibility index (Phi) is 5.69. The molecule has 0 spiro atoms. The fourth-order valence-electron chi connectivity index (χ4n) is 6.11. The van der Waals surface area contributed by atoms with E-state index in [1.54, 1.807) is 6.92 Å². The number of nitrogens with zero attached hydrogens (tertiary/aromatic N) is 2. The lowest BCUT2D eigenvalue weighted by molar-refractivity contribution is -0.163. The molecule has 0 radical (unpaired) electrons. The van der Waals surface area contributed by atoms with Crippen molar-refractivity contribution in [3.63, 3.8) is 0 Å². The quantitative estimate of drug-likeness (QED) is 0.406. The molecular weight excluding hydrogens is 448 g/mol. The van der Waals surface area contributed by atoms with E-state index in [2.05, 4.69) is 24.1 Å². The van der Waals surface area contributed by atoms with Crippen LogP contribution in [0, 0.1) is 23.7 Å². The summed E-state index contributed by atoms with van der Waals surface area (Å²) < 4.78 is 35.3. The maximum atomic E-state index is 13.4. The Morgan fingerprint density at radius 3 is 2.45 bits per heavy atom. The minimum atomic E-state index is -3.55. The number of ether oxygens (including phenoxy) is 1. The number of aromatic amines is 1. The van der Waals surface area contributed by atoms with Crippen LogP contribution < -0.4 is 16.6 Å². The number of aryl methyl sites for hydroxylation is 1. The summed E-state index contributed by atoms with van der Waals surface area (Å²) in [5.74, 6) is -0.436. The van der Waals surface area contributed by atoms with Crippen molar-refractivity contribution in [1.29, 1.82) is 0 Å². The number of fused-ring (bicyclic) bond motifs is 2. The highest BCUT2D eigenvalue weighted by molar-refractivity contribution is 7.89. The van der Waals surface area contributed by atoms with Gasteiger partial charge in [0.1, 0.15) is 6.10 Å². The molecule has 1 aromatic rings. The molecule has 4 atom stereocenters. The third-order valence-electron chi connectivity index (χ3n) is 8.53. The fourth-order valence-corrected chi connectivity index (χ4v) is 8.44. The Morgan fingerprint density at radius 2 is 1.91 bits per heavy atom. The lowest BCUT2D eigenvalue weighted by atomic mass is 9.69. The predicted molar refractivity (Wildman–Crippen MR) is 122 cm³/mol. The summed E-state index contributed by atoms with van der Waals surface area (Å²) in [5, 5.41) is 2.93. The molecule has 184 valence electrons. The SMILES string of the molecule is CCN(CC)S(=O)(=O)C[C@]12CC[C@H](C[C@H]1OC(=O)[C@]1(n3cc(C)c(=O)[nH]c3=O)CN1)C2(C)C. The number of hydrogen-bond donors (Lipinski definition) is 2. The van der Waals surface area contributed by atoms with Gasteiger partial charge in [-0.15, -0.1) is 0 Å². The molecule has 1 aromatic heterocycles. The molecule has 0 amide bonds. The summed E-state index contributed by atoms with van der Waals surface area (Å²) >= 11 is 0. The van der Waals surface area contributed by atoms with Crippen molar-refractivity contribution in [2.24, 2.45) is 16.7 Å². The summed E-state index contributed by atoms with van der Waals surface area (Å²) in [6.45, 7) is 10.3. The molecule has 10 nitrogen and oxygen atoms in total. The number of carbonyl (C=O) groups excluding carboxylic acids is 1. The maximum Gasteiger partial charge on any atom is 0.349 e. The number of sulfonamides is 1. The molecule has 0 aromatic carbocycles. The molecule has 2 aliphatic carbocycles. The smallest absolute Gasteiger partial charge is 0.349 e. The van der Waals surface area contributed by atoms with Gasteiger partial charge in [-0.2, -0.15) is 0 Å². The first kappa shape index (κ1) is 24.2. The van der Waals surface area contributed by atoms with E-state index in [9.17, 15) is 22.8 Å². The minimum Gasteiger partial charge on any atom is -0.459 e. The van der Waals surface area contributed by atoms with Crippen LogP contribution in [0.5, 0.6) is 0 Å². The lowest BCUT2D eigenvalue weighted by Gasteiger charge is -2.42. The first-order valence-electron chi connectivity index (χ1n) is 11.6. The zero-order chi connectivity index (χ0) is 24.4. The van der Waals surface area contributed by atoms with Crippen molar-refractivity contribution in [2.45, 2.75) is 65.6 Å². The predicted octanol–water partition coefficient (Wildman–Crippen LogP) is 0.511. The van der Waals surface area contributed by atoms with Gasteiger partial charge in [-0.1, -0.05) is 27.7 Å². The number of aromatic nitrogens is 2. The topological polar surface area (TPSA) is 140 Å². The second-order valence-corrected chi connectivity index (χ2v) is 12.2. The standard InChI is InChI=1S/C22H34N4O6S/c1-6-25(7-2)33(30,31)13-21-9-8-15(20(21,4)5)10-16(21)32-18(28)22(12-23-22)26-11-14(3)17(27)24-19(26)29/h11,15-16,23H,6-10,12-13H2,1-5H3,(H,24,27,29)/t15-,16-,21-,22-/m1/s1. The number of carbonyl (C=O) groups is 1. The van der Waals surface area contributed by atoms with Crippen molar-refractivity contribution in [3.8, 4) is 0 Å². The van der Waals surface area contributed by atoms with Crippen LogP contribution in [-0.4, -0.2) is 59.7 Å². The van der Waals surface area contributed by atoms with Gasteiger partial charge in [-0.3, -0.25) is 19.7 Å². The van der Waals surface area contributed by atoms with E-state index < -0.39 is 44.4 Å². The number of rotatable bonds is 8. The average Bonchev–Trinajstić information content (AvgIpc) is 3.46. The second kappa shape index (κ2) is 7.78. The molecule has 11 heteroatoms.